The summed E-state index contributed by atoms with van der Waals surface area (Å²) in [7, 11) is 1.55. The lowest BCUT2D eigenvalue weighted by Gasteiger charge is -2.04. The van der Waals surface area contributed by atoms with Crippen LogP contribution in [0.4, 0.5) is 0 Å². The van der Waals surface area contributed by atoms with Gasteiger partial charge in [0, 0.05) is 23.4 Å². The highest BCUT2D eigenvalue weighted by molar-refractivity contribution is 7.13. The maximum atomic E-state index is 12.8. The summed E-state index contributed by atoms with van der Waals surface area (Å²) >= 11 is 2.75. The normalized spacial score (nSPS) is 12.7. The van der Waals surface area contributed by atoms with Crippen LogP contribution >= 0.6 is 22.7 Å². The molecule has 0 radical (unpaired) electrons. The minimum Gasteiger partial charge on any atom is -0.383 e. The minimum absolute atomic E-state index is 0.0358. The molecule has 0 aliphatic carbocycles. The Morgan fingerprint density at radius 1 is 1.41 bits per heavy atom. The van der Waals surface area contributed by atoms with Gasteiger partial charge in [-0.3, -0.25) is 14.2 Å². The molecule has 0 saturated heterocycles. The van der Waals surface area contributed by atoms with Gasteiger partial charge in [0.1, 0.15) is 10.7 Å². The van der Waals surface area contributed by atoms with E-state index < -0.39 is 5.91 Å². The topological polar surface area (TPSA) is 84.1 Å². The van der Waals surface area contributed by atoms with Crippen LogP contribution in [0.1, 0.15) is 29.5 Å². The van der Waals surface area contributed by atoms with Crippen LogP contribution in [-0.2, 0) is 16.1 Å². The molecule has 8 heteroatoms. The first-order valence-corrected chi connectivity index (χ1v) is 10.3. The number of thiophene rings is 1. The molecule has 0 bridgehead atoms. The number of amides is 1. The van der Waals surface area contributed by atoms with E-state index in [1.807, 2.05) is 32.0 Å². The SMILES string of the molecule is CCCCNC(=O)/C(C#N)=c1\s/c(=C\c2ccc(C)s2)c(=O)n1CCOC. The number of thiazole rings is 1. The fraction of sp³-hybridized carbons (Fsp3) is 0.421. The molecule has 0 aromatic carbocycles. The third-order valence-electron chi connectivity index (χ3n) is 3.83. The van der Waals surface area contributed by atoms with Gasteiger partial charge in [0.05, 0.1) is 17.7 Å². The summed E-state index contributed by atoms with van der Waals surface area (Å²) in [5, 5.41) is 12.3. The molecule has 1 N–H and O–H groups in total. The number of hydrogen-bond donors (Lipinski definition) is 1. The minimum atomic E-state index is -0.447. The van der Waals surface area contributed by atoms with Crippen molar-refractivity contribution in [3.63, 3.8) is 0 Å². The zero-order valence-electron chi connectivity index (χ0n) is 15.7. The first-order chi connectivity index (χ1) is 13.0. The maximum absolute atomic E-state index is 12.8. The molecule has 144 valence electrons. The molecular weight excluding hydrogens is 382 g/mol. The van der Waals surface area contributed by atoms with Crippen molar-refractivity contribution in [2.75, 3.05) is 20.3 Å². The summed E-state index contributed by atoms with van der Waals surface area (Å²) in [6, 6.07) is 5.91. The average molecular weight is 406 g/mol. The zero-order valence-corrected chi connectivity index (χ0v) is 17.3. The summed E-state index contributed by atoms with van der Waals surface area (Å²) in [4.78, 5) is 27.4. The highest BCUT2D eigenvalue weighted by atomic mass is 32.1. The lowest BCUT2D eigenvalue weighted by Crippen LogP contribution is -2.36. The number of nitrogens with one attached hydrogen (secondary N) is 1. The Balaban J connectivity index is 2.60. The Bertz CT molecular complexity index is 1010. The second-order valence-electron chi connectivity index (χ2n) is 5.91. The number of nitriles is 1. The van der Waals surface area contributed by atoms with E-state index in [0.717, 1.165) is 22.6 Å². The van der Waals surface area contributed by atoms with Crippen molar-refractivity contribution in [1.29, 1.82) is 5.26 Å². The highest BCUT2D eigenvalue weighted by Gasteiger charge is 2.15. The number of carbonyl (C=O) groups excluding carboxylic acids is 1. The molecule has 0 aliphatic heterocycles. The number of hydrogen-bond acceptors (Lipinski definition) is 6. The number of methoxy groups -OCH3 is 1. The first-order valence-electron chi connectivity index (χ1n) is 8.71. The molecule has 2 rings (SSSR count). The van der Waals surface area contributed by atoms with Crippen molar-refractivity contribution in [3.05, 3.63) is 41.4 Å². The van der Waals surface area contributed by atoms with E-state index >= 15 is 0 Å². The molecule has 1 amide bonds. The smallest absolute Gasteiger partial charge is 0.269 e. The Morgan fingerprint density at radius 3 is 2.78 bits per heavy atom. The molecule has 0 unspecified atom stereocenters. The standard InChI is InChI=1S/C19H23N3O3S2/c1-4-5-8-21-17(23)15(12-20)19-22(9-10-25-3)18(24)16(27-19)11-14-7-6-13(2)26-14/h6-7,11H,4-5,8-10H2,1-3H3,(H,21,23)/b16-11-,19-15-. The lowest BCUT2D eigenvalue weighted by molar-refractivity contribution is -0.115. The van der Waals surface area contributed by atoms with E-state index in [9.17, 15) is 14.9 Å². The van der Waals surface area contributed by atoms with E-state index in [1.165, 1.54) is 15.9 Å². The second kappa shape index (κ2) is 10.2. The van der Waals surface area contributed by atoms with Crippen LogP contribution in [0.2, 0.25) is 0 Å². The fourth-order valence-electron chi connectivity index (χ4n) is 2.41. The molecule has 0 saturated carbocycles. The summed E-state index contributed by atoms with van der Waals surface area (Å²) in [6.07, 6.45) is 3.59. The number of carbonyl (C=O) groups is 1. The van der Waals surface area contributed by atoms with Crippen molar-refractivity contribution in [3.8, 4) is 6.07 Å². The second-order valence-corrected chi connectivity index (χ2v) is 8.26. The summed E-state index contributed by atoms with van der Waals surface area (Å²) in [6.45, 7) is 5.13. The monoisotopic (exact) mass is 405 g/mol. The fourth-order valence-corrected chi connectivity index (χ4v) is 4.43. The van der Waals surface area contributed by atoms with Crippen molar-refractivity contribution in [2.45, 2.75) is 33.2 Å². The molecule has 6 nitrogen and oxygen atoms in total. The van der Waals surface area contributed by atoms with Gasteiger partial charge in [-0.25, -0.2) is 0 Å². The molecule has 0 atom stereocenters. The van der Waals surface area contributed by atoms with Crippen LogP contribution in [0.25, 0.3) is 11.6 Å². The number of unbranched alkanes of at least 4 members (excludes halogenated alkanes) is 1. The molecule has 2 heterocycles. The van der Waals surface area contributed by atoms with Crippen LogP contribution in [0, 0.1) is 18.3 Å². The van der Waals surface area contributed by atoms with Gasteiger partial charge >= 0.3 is 0 Å². The molecular formula is C19H23N3O3S2. The van der Waals surface area contributed by atoms with Gasteiger partial charge in [0.15, 0.2) is 5.57 Å². The third kappa shape index (κ3) is 5.39. The molecule has 2 aromatic heterocycles. The van der Waals surface area contributed by atoms with Crippen LogP contribution in [0.15, 0.2) is 16.9 Å². The number of rotatable bonds is 8. The largest absolute Gasteiger partial charge is 0.383 e. The van der Waals surface area contributed by atoms with Gasteiger partial charge in [0.25, 0.3) is 11.5 Å². The number of nitrogens with zero attached hydrogens (tertiary/aromatic N) is 2. The number of aromatic nitrogens is 1. The van der Waals surface area contributed by atoms with E-state index in [-0.39, 0.29) is 17.7 Å². The Hall–Kier alpha value is -2.21. The molecule has 27 heavy (non-hydrogen) atoms. The summed E-state index contributed by atoms with van der Waals surface area (Å²) in [5.74, 6) is -0.447. The van der Waals surface area contributed by atoms with Crippen LogP contribution < -0.4 is 20.1 Å². The first kappa shape index (κ1) is 21.1. The third-order valence-corrected chi connectivity index (χ3v) is 5.91. The van der Waals surface area contributed by atoms with E-state index in [2.05, 4.69) is 5.32 Å². The lowest BCUT2D eigenvalue weighted by atomic mass is 10.3. The van der Waals surface area contributed by atoms with Crippen LogP contribution in [-0.4, -0.2) is 30.7 Å². The van der Waals surface area contributed by atoms with Crippen molar-refractivity contribution >= 4 is 40.2 Å². The average Bonchev–Trinajstić information content (AvgIpc) is 3.18. The molecule has 0 spiro atoms. The van der Waals surface area contributed by atoms with Gasteiger partial charge < -0.3 is 10.1 Å². The van der Waals surface area contributed by atoms with Gasteiger partial charge in [-0.1, -0.05) is 13.3 Å². The molecule has 0 aliphatic rings. The van der Waals surface area contributed by atoms with Gasteiger partial charge in [-0.05, 0) is 31.6 Å². The maximum Gasteiger partial charge on any atom is 0.269 e. The Kier molecular flexibility index (Phi) is 7.98. The summed E-state index contributed by atoms with van der Waals surface area (Å²) < 4.78 is 7.41. The number of aryl methyl sites for hydroxylation is 1. The van der Waals surface area contributed by atoms with Crippen LogP contribution in [0.3, 0.4) is 0 Å². The quantitative estimate of drug-likeness (QED) is 0.672. The van der Waals surface area contributed by atoms with Crippen molar-refractivity contribution in [1.82, 2.24) is 9.88 Å². The van der Waals surface area contributed by atoms with E-state index in [1.54, 1.807) is 24.5 Å². The zero-order chi connectivity index (χ0) is 19.8. The van der Waals surface area contributed by atoms with Gasteiger partial charge in [-0.2, -0.15) is 5.26 Å². The predicted molar refractivity (Wildman–Crippen MR) is 109 cm³/mol. The van der Waals surface area contributed by atoms with Gasteiger partial charge in [-0.15, -0.1) is 22.7 Å². The Labute approximate surface area is 166 Å². The van der Waals surface area contributed by atoms with E-state index in [0.29, 0.717) is 22.3 Å². The predicted octanol–water partition coefficient (Wildman–Crippen LogP) is 1.35. The van der Waals surface area contributed by atoms with Gasteiger partial charge in [0.2, 0.25) is 0 Å². The van der Waals surface area contributed by atoms with E-state index in [4.69, 9.17) is 4.74 Å². The number of ether oxygens (including phenoxy) is 1. The summed E-state index contributed by atoms with van der Waals surface area (Å²) in [5.41, 5.74) is -0.251. The van der Waals surface area contributed by atoms with Crippen molar-refractivity contribution in [2.24, 2.45) is 0 Å². The Morgan fingerprint density at radius 2 is 2.19 bits per heavy atom. The van der Waals surface area contributed by atoms with Crippen molar-refractivity contribution < 1.29 is 9.53 Å². The molecule has 0 fully saturated rings. The van der Waals surface area contributed by atoms with Crippen LogP contribution in [0.5, 0.6) is 0 Å². The highest BCUT2D eigenvalue weighted by Crippen LogP contribution is 2.15. The molecule has 2 aromatic rings.